The Bertz CT molecular complexity index is 3110. The van der Waals surface area contributed by atoms with Gasteiger partial charge in [0.05, 0.1) is 59.7 Å². The number of benzene rings is 5. The number of phenols is 2. The van der Waals surface area contributed by atoms with Crippen molar-refractivity contribution in [3.05, 3.63) is 149 Å². The maximum atomic E-state index is 12.6. The molecule has 20 nitrogen and oxygen atoms in total. The van der Waals surface area contributed by atoms with Gasteiger partial charge in [-0.3, -0.25) is 9.11 Å². The van der Waals surface area contributed by atoms with Crippen molar-refractivity contribution in [2.75, 3.05) is 79.5 Å². The number of aromatic hydroxyl groups is 2. The van der Waals surface area contributed by atoms with Crippen LogP contribution in [0.15, 0.2) is 121 Å². The summed E-state index contributed by atoms with van der Waals surface area (Å²) in [4.78, 5) is 59.4. The lowest BCUT2D eigenvalue weighted by molar-refractivity contribution is 0.0446. The van der Waals surface area contributed by atoms with Gasteiger partial charge in [-0.2, -0.15) is 8.42 Å². The number of phenolic OH excluding ortho intramolecular Hbond substituents is 2. The van der Waals surface area contributed by atoms with Crippen molar-refractivity contribution in [1.82, 2.24) is 0 Å². The first-order valence-electron chi connectivity index (χ1n) is 31.8. The molecule has 6 N–H and O–H groups in total. The minimum absolute atomic E-state index is 0.0279. The lowest BCUT2D eigenvalue weighted by Gasteiger charge is -2.31. The number of carboxylic acid groups (broad SMARTS) is 1. The fourth-order valence-electron chi connectivity index (χ4n) is 6.78. The molecule has 0 fully saturated rings. The third kappa shape index (κ3) is 47.1. The maximum Gasteiger partial charge on any atom is 0.394 e. The summed E-state index contributed by atoms with van der Waals surface area (Å²) in [5, 5.41) is 38.9. The van der Waals surface area contributed by atoms with Crippen LogP contribution in [0, 0.1) is 40.4 Å². The number of carbonyl (C=O) groups excluding carboxylic acids is 4. The van der Waals surface area contributed by atoms with Crippen LogP contribution in [0.2, 0.25) is 0 Å². The summed E-state index contributed by atoms with van der Waals surface area (Å²) in [6.07, 6.45) is -2.15. The number of esters is 4. The second-order valence-electron chi connectivity index (χ2n) is 25.0. The summed E-state index contributed by atoms with van der Waals surface area (Å²) in [6, 6.07) is 32.1. The molecule has 5 aromatic carbocycles. The number of hydrogen-bond donors (Lipinski definition) is 6. The van der Waals surface area contributed by atoms with Crippen LogP contribution in [0.3, 0.4) is 0 Å². The molecule has 0 aliphatic rings. The largest absolute Gasteiger partial charge is 0.508 e. The van der Waals surface area contributed by atoms with Gasteiger partial charge in [-0.05, 0) is 121 Å². The highest BCUT2D eigenvalue weighted by molar-refractivity contribution is 9.11. The summed E-state index contributed by atoms with van der Waals surface area (Å²) >= 11 is 17.5. The first kappa shape index (κ1) is 99.4. The molecule has 13 radical (unpaired) electrons. The van der Waals surface area contributed by atoms with E-state index in [0.717, 1.165) is 21.3 Å². The zero-order chi connectivity index (χ0) is 78.3. The normalized spacial score (nSPS) is 10.7. The van der Waals surface area contributed by atoms with Gasteiger partial charge in [-0.15, -0.1) is 0 Å². The van der Waals surface area contributed by atoms with Crippen molar-refractivity contribution < 1.29 is 95.1 Å². The van der Waals surface area contributed by atoms with Crippen LogP contribution in [0.25, 0.3) is 0 Å². The number of aliphatic hydroxyl groups excluding tert-OH is 1. The van der Waals surface area contributed by atoms with E-state index in [9.17, 15) is 24.0 Å². The SMILES string of the molecule is BrCC(CBr)(CBr)CBr.CC(C)CO.CC(C)COC(=O)c1cccc(O)c1.CC(C)COC(=O)c1cccc(OCC(CBr)(COc2cccc(C(=O)OCC(C)C)c2)COc2cccc(C(=O)OCC(C)C)c2)c1.O=C(O)c1cccc(O)c1.O=S(=O)(O)O.[B][B]B([B])B(B([B])[B])B([B])[B]. The molecule has 0 atom stereocenters. The monoisotopic (exact) mass is 1740 g/mol. The van der Waals surface area contributed by atoms with Crippen molar-refractivity contribution >= 4 is 199 Å². The summed E-state index contributed by atoms with van der Waals surface area (Å²) < 4.78 is 71.5. The molecule has 0 aromatic heterocycles. The first-order chi connectivity index (χ1) is 47.7. The van der Waals surface area contributed by atoms with E-state index in [0.29, 0.717) is 95.1 Å². The lowest BCUT2D eigenvalue weighted by Crippen LogP contribution is -2.63. The van der Waals surface area contributed by atoms with E-state index < -0.39 is 64.8 Å². The minimum atomic E-state index is -4.67. The Hall–Kier alpha value is -4.61. The third-order valence-corrected chi connectivity index (χ3v) is 18.5. The van der Waals surface area contributed by atoms with E-state index in [1.165, 1.54) is 43.5 Å². The molecule has 0 spiro atoms. The Morgan fingerprint density at radius 3 is 0.882 bits per heavy atom. The summed E-state index contributed by atoms with van der Waals surface area (Å²) in [5.41, 5.74) is 1.19. The fraction of sp³-hybridized carbons (Fsp3) is 0.462. The molecule has 0 amide bonds. The molecular formula is C65H87B11Br5O20S. The first-order valence-corrected chi connectivity index (χ1v) is 38.8. The Kier molecular flexibility index (Phi) is 53.5. The molecule has 37 heteroatoms. The Morgan fingerprint density at radius 2 is 0.696 bits per heavy atom. The predicted octanol–water partition coefficient (Wildman–Crippen LogP) is 10.7. The standard InChI is InChI=1S/C38H47BrO9.C11H14O3.C7H6O3.C5H8Br4.C4H10O.B11.H2O4S/c1-26(2)19-43-35(40)29-10-7-13-32(16-29)46-23-38(22-39,24-47-33-14-8-11-30(17-33)36(41)44-20-27(3)4)25-48-34-15-9-12-31(18-34)37(42)45-21-28(5)6;1-8(2)7-14-11(13)9-4-3-5-10(12)6-9;8-6-3-1-2-5(4-6)7(9)10;6-1-5(2-7,3-8)4-9;1-4(2)3-5;1-7-10(6)11(8(2)3)9(4)5;1-5(2,3)4/h7-18,26-28H,19-25H2,1-6H3;3-6,8,12H,7H2,1-2H3;1-4,8H,(H,9,10);1-4H2;4-5H,3H2,1-2H3;;(H2,1,2,3,4). The molecule has 0 heterocycles. The topological polar surface area (TPSA) is 305 Å². The van der Waals surface area contributed by atoms with E-state index in [4.69, 9.17) is 118 Å². The van der Waals surface area contributed by atoms with Crippen LogP contribution < -0.4 is 14.2 Å². The van der Waals surface area contributed by atoms with Gasteiger partial charge >= 0.3 is 40.2 Å². The number of ether oxygens (including phenoxy) is 7. The van der Waals surface area contributed by atoms with Crippen LogP contribution >= 0.6 is 79.6 Å². The summed E-state index contributed by atoms with van der Waals surface area (Å²) in [6.45, 7) is 21.8. The number of alkyl halides is 5. The Morgan fingerprint density at radius 1 is 0.451 bits per heavy atom. The van der Waals surface area contributed by atoms with Gasteiger partial charge in [0.15, 0.2) is 0 Å². The molecule has 5 rings (SSSR count). The molecule has 0 bridgehead atoms. The highest BCUT2D eigenvalue weighted by Crippen LogP contribution is 2.30. The molecule has 0 aliphatic heterocycles. The lowest BCUT2D eigenvalue weighted by atomic mass is 8.56. The summed E-state index contributed by atoms with van der Waals surface area (Å²) in [7, 11) is 28.8. The number of hydrogen-bond acceptors (Lipinski definition) is 17. The molecule has 541 valence electrons. The van der Waals surface area contributed by atoms with Gasteiger partial charge in [0.25, 0.3) is 0 Å². The molecule has 0 unspecified atom stereocenters. The zero-order valence-electron chi connectivity index (χ0n) is 59.2. The molecule has 0 saturated heterocycles. The van der Waals surface area contributed by atoms with Crippen LogP contribution in [-0.2, 0) is 29.3 Å². The van der Waals surface area contributed by atoms with Crippen LogP contribution in [0.4, 0.5) is 0 Å². The highest BCUT2D eigenvalue weighted by atomic mass is 79.9. The maximum absolute atomic E-state index is 12.6. The number of carbonyl (C=O) groups is 5. The predicted molar refractivity (Wildman–Crippen MR) is 433 cm³/mol. The van der Waals surface area contributed by atoms with Crippen molar-refractivity contribution in [2.24, 2.45) is 40.4 Å². The van der Waals surface area contributed by atoms with Gasteiger partial charge < -0.3 is 53.6 Å². The molecule has 0 saturated carbocycles. The van der Waals surface area contributed by atoms with Gasteiger partial charge in [0, 0.05) is 118 Å². The van der Waals surface area contributed by atoms with Gasteiger partial charge in [-0.25, -0.2) is 24.0 Å². The van der Waals surface area contributed by atoms with Crippen molar-refractivity contribution in [2.45, 2.75) is 69.2 Å². The summed E-state index contributed by atoms with van der Waals surface area (Å²) in [5.74, 6) is 0.170. The van der Waals surface area contributed by atoms with E-state index in [1.54, 1.807) is 84.9 Å². The van der Waals surface area contributed by atoms with E-state index >= 15 is 0 Å². The molecular weight excluding hydrogens is 1650 g/mol. The molecule has 0 aliphatic carbocycles. The molecule has 102 heavy (non-hydrogen) atoms. The third-order valence-electron chi connectivity index (χ3n) is 12.5. The van der Waals surface area contributed by atoms with Crippen LogP contribution in [0.5, 0.6) is 28.7 Å². The van der Waals surface area contributed by atoms with Crippen molar-refractivity contribution in [3.8, 4) is 28.7 Å². The second-order valence-corrected chi connectivity index (χ2v) is 28.7. The van der Waals surface area contributed by atoms with Gasteiger partial charge in [-0.1, -0.05) is 179 Å². The zero-order valence-corrected chi connectivity index (χ0v) is 67.9. The van der Waals surface area contributed by atoms with E-state index in [1.807, 2.05) is 69.2 Å². The number of aliphatic hydroxyl groups is 1. The average Bonchev–Trinajstić information content (AvgIpc) is 0.838. The number of halogens is 5. The second kappa shape index (κ2) is 54.9. The Balaban J connectivity index is 0. The van der Waals surface area contributed by atoms with Crippen molar-refractivity contribution in [1.29, 1.82) is 0 Å². The average molecular weight is 1740 g/mol. The molecule has 5 aromatic rings. The van der Waals surface area contributed by atoms with Gasteiger partial charge in [0.2, 0.25) is 0 Å². The smallest absolute Gasteiger partial charge is 0.394 e. The number of aromatic carboxylic acids is 1. The quantitative estimate of drug-likeness (QED) is 0.00766. The Labute approximate surface area is 655 Å². The fourth-order valence-corrected chi connectivity index (χ4v) is 12.8. The number of rotatable bonds is 32. The number of carboxylic acids is 1. The van der Waals surface area contributed by atoms with Crippen LogP contribution in [-0.4, -0.2) is 226 Å². The van der Waals surface area contributed by atoms with E-state index in [2.05, 4.69) is 79.6 Å². The van der Waals surface area contributed by atoms with E-state index in [-0.39, 0.29) is 61.0 Å². The van der Waals surface area contributed by atoms with Crippen LogP contribution in [0.1, 0.15) is 121 Å². The van der Waals surface area contributed by atoms with Crippen molar-refractivity contribution in [3.63, 3.8) is 0 Å². The highest BCUT2D eigenvalue weighted by Gasteiger charge is 2.34. The van der Waals surface area contributed by atoms with Gasteiger partial charge in [0.1, 0.15) is 48.6 Å². The minimum Gasteiger partial charge on any atom is -0.508 e.